The molecule has 15 heavy (non-hydrogen) atoms. The molecule has 0 aliphatic rings. The first-order chi connectivity index (χ1) is 6.97. The van der Waals surface area contributed by atoms with Crippen molar-refractivity contribution in [1.82, 2.24) is 4.98 Å². The molecule has 7 heteroatoms. The molecular weight excluding hydrogens is 251 g/mol. The first-order valence-corrected chi connectivity index (χ1v) is 4.45. The quantitative estimate of drug-likeness (QED) is 0.602. The molecule has 0 atom stereocenters. The Morgan fingerprint density at radius 3 is 2.60 bits per heavy atom. The van der Waals surface area contributed by atoms with Gasteiger partial charge in [0.15, 0.2) is 5.69 Å². The average molecular weight is 256 g/mol. The molecule has 0 radical (unpaired) electrons. The van der Waals surface area contributed by atoms with E-state index in [1.54, 1.807) is 0 Å². The van der Waals surface area contributed by atoms with Crippen LogP contribution in [0, 0.1) is 0 Å². The van der Waals surface area contributed by atoms with Crippen molar-refractivity contribution < 1.29 is 18.3 Å². The van der Waals surface area contributed by atoms with Crippen molar-refractivity contribution in [1.29, 1.82) is 0 Å². The monoisotopic (exact) mass is 255 g/mol. The molecule has 0 unspecified atom stereocenters. The van der Waals surface area contributed by atoms with Gasteiger partial charge in [-0.05, 0) is 6.07 Å². The average Bonchev–Trinajstić information content (AvgIpc) is 2.20. The smallest absolute Gasteiger partial charge is 0.356 e. The Hall–Kier alpha value is -0.940. The molecule has 0 fully saturated rings. The zero-order chi connectivity index (χ0) is 11.6. The van der Waals surface area contributed by atoms with E-state index in [9.17, 15) is 13.6 Å². The molecule has 3 nitrogen and oxygen atoms in total. The van der Waals surface area contributed by atoms with E-state index in [-0.39, 0.29) is 15.9 Å². The predicted octanol–water partition coefficient (Wildman–Crippen LogP) is 3.11. The van der Waals surface area contributed by atoms with Crippen LogP contribution < -0.4 is 0 Å². The summed E-state index contributed by atoms with van der Waals surface area (Å²) >= 11 is 11.0. The largest absolute Gasteiger partial charge is 0.464 e. The van der Waals surface area contributed by atoms with E-state index in [4.69, 9.17) is 23.2 Å². The minimum Gasteiger partial charge on any atom is -0.464 e. The first kappa shape index (κ1) is 12.1. The number of hydrogen-bond donors (Lipinski definition) is 0. The molecule has 0 N–H and O–H groups in total. The molecule has 0 saturated carbocycles. The maximum atomic E-state index is 12.4. The summed E-state index contributed by atoms with van der Waals surface area (Å²) in [5.41, 5.74) is -0.848. The van der Waals surface area contributed by atoms with Gasteiger partial charge in [-0.15, -0.1) is 0 Å². The van der Waals surface area contributed by atoms with E-state index in [0.717, 1.165) is 13.2 Å². The van der Waals surface area contributed by atoms with Crippen molar-refractivity contribution in [2.45, 2.75) is 6.43 Å². The molecule has 1 aromatic rings. The van der Waals surface area contributed by atoms with Crippen molar-refractivity contribution in [3.8, 4) is 0 Å². The van der Waals surface area contributed by atoms with E-state index in [1.165, 1.54) is 0 Å². The van der Waals surface area contributed by atoms with E-state index in [0.29, 0.717) is 0 Å². The van der Waals surface area contributed by atoms with Crippen molar-refractivity contribution in [3.63, 3.8) is 0 Å². The normalized spacial score (nSPS) is 10.5. The SMILES string of the molecule is COC(=O)c1cc(C(F)F)c(Cl)c(Cl)n1. The molecule has 82 valence electrons. The van der Waals surface area contributed by atoms with E-state index < -0.39 is 18.0 Å². The maximum Gasteiger partial charge on any atom is 0.356 e. The Balaban J connectivity index is 3.29. The summed E-state index contributed by atoms with van der Waals surface area (Å²) in [6.45, 7) is 0. The summed E-state index contributed by atoms with van der Waals surface area (Å²) in [5, 5.41) is -0.714. The van der Waals surface area contributed by atoms with Crippen LogP contribution in [0.2, 0.25) is 10.2 Å². The number of carbonyl (C=O) groups is 1. The van der Waals surface area contributed by atoms with Gasteiger partial charge in [-0.3, -0.25) is 0 Å². The molecular formula is C8H5Cl2F2NO2. The summed E-state index contributed by atoms with van der Waals surface area (Å²) in [6.07, 6.45) is -2.83. The van der Waals surface area contributed by atoms with Gasteiger partial charge in [-0.25, -0.2) is 18.6 Å². The van der Waals surface area contributed by atoms with Gasteiger partial charge in [0.2, 0.25) is 0 Å². The highest BCUT2D eigenvalue weighted by Gasteiger charge is 2.20. The van der Waals surface area contributed by atoms with Crippen LogP contribution in [0.5, 0.6) is 0 Å². The van der Waals surface area contributed by atoms with Crippen molar-refractivity contribution >= 4 is 29.2 Å². The molecule has 0 bridgehead atoms. The molecule has 0 aliphatic heterocycles. The van der Waals surface area contributed by atoms with Crippen molar-refractivity contribution in [3.05, 3.63) is 27.5 Å². The lowest BCUT2D eigenvalue weighted by atomic mass is 10.2. The number of halogens is 4. The van der Waals surface area contributed by atoms with E-state index in [1.807, 2.05) is 0 Å². The van der Waals surface area contributed by atoms with Gasteiger partial charge in [-0.2, -0.15) is 0 Å². The minimum absolute atomic E-state index is 0.304. The third-order valence-electron chi connectivity index (χ3n) is 1.58. The summed E-state index contributed by atoms with van der Waals surface area (Å²) in [5.74, 6) is -0.851. The highest BCUT2D eigenvalue weighted by Crippen LogP contribution is 2.32. The van der Waals surface area contributed by atoms with E-state index >= 15 is 0 Å². The zero-order valence-electron chi connectivity index (χ0n) is 7.43. The fourth-order valence-corrected chi connectivity index (χ4v) is 1.26. The lowest BCUT2D eigenvalue weighted by Crippen LogP contribution is -2.06. The Labute approximate surface area is 94.0 Å². The van der Waals surface area contributed by atoms with Crippen LogP contribution in [0.1, 0.15) is 22.5 Å². The standard InChI is InChI=1S/C8H5Cl2F2NO2/c1-15-8(14)4-2-3(7(11)12)5(9)6(10)13-4/h2,7H,1H3. The maximum absolute atomic E-state index is 12.4. The van der Waals surface area contributed by atoms with Gasteiger partial charge in [-0.1, -0.05) is 23.2 Å². The lowest BCUT2D eigenvalue weighted by Gasteiger charge is -2.06. The number of alkyl halides is 2. The van der Waals surface area contributed by atoms with Crippen molar-refractivity contribution in [2.24, 2.45) is 0 Å². The van der Waals surface area contributed by atoms with Gasteiger partial charge < -0.3 is 4.74 Å². The minimum atomic E-state index is -2.83. The molecule has 0 aromatic carbocycles. The van der Waals surface area contributed by atoms with Crippen LogP contribution in [0.3, 0.4) is 0 Å². The number of carbonyl (C=O) groups excluding carboxylic acids is 1. The van der Waals surface area contributed by atoms with Crippen LogP contribution in [0.25, 0.3) is 0 Å². The number of methoxy groups -OCH3 is 1. The van der Waals surface area contributed by atoms with E-state index in [2.05, 4.69) is 9.72 Å². The second-order valence-corrected chi connectivity index (χ2v) is 3.23. The second-order valence-electron chi connectivity index (χ2n) is 2.49. The zero-order valence-corrected chi connectivity index (χ0v) is 8.94. The van der Waals surface area contributed by atoms with Crippen molar-refractivity contribution in [2.75, 3.05) is 7.11 Å². The molecule has 0 saturated heterocycles. The molecule has 1 aromatic heterocycles. The second kappa shape index (κ2) is 4.72. The number of aromatic nitrogens is 1. The molecule has 0 spiro atoms. The number of ether oxygens (including phenoxy) is 1. The first-order valence-electron chi connectivity index (χ1n) is 3.69. The van der Waals surface area contributed by atoms with Gasteiger partial charge in [0.1, 0.15) is 5.15 Å². The van der Waals surface area contributed by atoms with Crippen LogP contribution in [0.4, 0.5) is 8.78 Å². The van der Waals surface area contributed by atoms with Gasteiger partial charge in [0, 0.05) is 5.56 Å². The summed E-state index contributed by atoms with van der Waals surface area (Å²) in [6, 6.07) is 0.852. The Morgan fingerprint density at radius 2 is 2.13 bits per heavy atom. The topological polar surface area (TPSA) is 39.2 Å². The summed E-state index contributed by atoms with van der Waals surface area (Å²) < 4.78 is 29.2. The molecule has 0 amide bonds. The molecule has 1 rings (SSSR count). The highest BCUT2D eigenvalue weighted by atomic mass is 35.5. The lowest BCUT2D eigenvalue weighted by molar-refractivity contribution is 0.0593. The molecule has 1 heterocycles. The number of esters is 1. The highest BCUT2D eigenvalue weighted by molar-refractivity contribution is 6.41. The number of rotatable bonds is 2. The predicted molar refractivity (Wildman–Crippen MR) is 50.6 cm³/mol. The molecule has 0 aliphatic carbocycles. The number of hydrogen-bond acceptors (Lipinski definition) is 3. The fourth-order valence-electron chi connectivity index (χ4n) is 0.885. The van der Waals surface area contributed by atoms with Crippen LogP contribution in [-0.2, 0) is 4.74 Å². The van der Waals surface area contributed by atoms with Crippen LogP contribution in [0.15, 0.2) is 6.07 Å². The Kier molecular flexibility index (Phi) is 3.82. The third-order valence-corrected chi connectivity index (χ3v) is 2.34. The van der Waals surface area contributed by atoms with Gasteiger partial charge >= 0.3 is 5.97 Å². The Morgan fingerprint density at radius 1 is 1.53 bits per heavy atom. The summed E-state index contributed by atoms with van der Waals surface area (Å²) in [7, 11) is 1.11. The van der Waals surface area contributed by atoms with Gasteiger partial charge in [0.25, 0.3) is 6.43 Å². The number of pyridine rings is 1. The summed E-state index contributed by atoms with van der Waals surface area (Å²) in [4.78, 5) is 14.5. The van der Waals surface area contributed by atoms with Gasteiger partial charge in [0.05, 0.1) is 12.1 Å². The Bertz CT molecular complexity index is 398. The third kappa shape index (κ3) is 2.54. The fraction of sp³-hybridized carbons (Fsp3) is 0.250. The van der Waals surface area contributed by atoms with Crippen LogP contribution >= 0.6 is 23.2 Å². The van der Waals surface area contributed by atoms with Crippen LogP contribution in [-0.4, -0.2) is 18.1 Å². The number of nitrogens with zero attached hydrogens (tertiary/aromatic N) is 1.